The molecule has 0 aromatic carbocycles. The second-order valence-corrected chi connectivity index (χ2v) is 4.41. The predicted octanol–water partition coefficient (Wildman–Crippen LogP) is 5.51. The molecule has 0 heterocycles. The highest BCUT2D eigenvalue weighted by Gasteiger charge is 1.37. The maximum Gasteiger partial charge on any atom is 0.0402 e. The van der Waals surface area contributed by atoms with Gasteiger partial charge in [0.1, 0.15) is 0 Å². The smallest absolute Gasteiger partial charge is 0.0402 e. The molecule has 0 amide bonds. The van der Waals surface area contributed by atoms with E-state index < -0.39 is 0 Å². The van der Waals surface area contributed by atoms with Crippen molar-refractivity contribution in [3.8, 4) is 0 Å². The Bertz CT molecular complexity index is 55.7. The molecule has 8 heteroatoms. The normalized spacial score (nSPS) is 5.31. The third-order valence-electron chi connectivity index (χ3n) is 0. The van der Waals surface area contributed by atoms with Crippen molar-refractivity contribution in [3.05, 3.63) is 0 Å². The van der Waals surface area contributed by atoms with Gasteiger partial charge in [-0.3, -0.25) is 0 Å². The molecule has 35 heavy (non-hydrogen) atoms. The minimum atomic E-state index is 0.250. The van der Waals surface area contributed by atoms with E-state index in [4.69, 9.17) is 40.9 Å². The van der Waals surface area contributed by atoms with E-state index in [1.165, 1.54) is 25.7 Å². The Morgan fingerprint density at radius 2 is 0.257 bits per heavy atom. The van der Waals surface area contributed by atoms with Crippen LogP contribution >= 0.6 is 0 Å². The Hall–Kier alpha value is -0.320. The zero-order valence-electron chi connectivity index (χ0n) is 27.9. The first-order chi connectivity index (χ1) is 16.7. The van der Waals surface area contributed by atoms with Gasteiger partial charge in [-0.1, -0.05) is 94.9 Å². The molecule has 0 unspecified atom stereocenters. The molecule has 0 saturated heterocycles. The van der Waals surface area contributed by atoms with Crippen LogP contribution in [0, 0.1) is 0 Å². The molecule has 0 spiro atoms. The minimum absolute atomic E-state index is 0.250. The molecular formula is C27H80O8. The first-order valence-electron chi connectivity index (χ1n) is 13.1. The zero-order chi connectivity index (χ0) is 32.4. The van der Waals surface area contributed by atoms with Crippen molar-refractivity contribution in [2.75, 3.05) is 54.4 Å². The highest BCUT2D eigenvalue weighted by molar-refractivity contribution is 3.93. The Kier molecular flexibility index (Phi) is 1140. The molecule has 8 nitrogen and oxygen atoms in total. The van der Waals surface area contributed by atoms with Crippen molar-refractivity contribution in [2.45, 2.75) is 130 Å². The summed E-state index contributed by atoms with van der Waals surface area (Å²) in [6.07, 6.45) is 5.00. The lowest BCUT2D eigenvalue weighted by molar-refractivity contribution is 0.318. The molecule has 0 aliphatic rings. The molecule has 0 radical (unpaired) electrons. The summed E-state index contributed by atoms with van der Waals surface area (Å²) in [5, 5.41) is 58.8. The summed E-state index contributed by atoms with van der Waals surface area (Å²) in [5.41, 5.74) is 0. The molecule has 0 aromatic rings. The van der Waals surface area contributed by atoms with E-state index in [2.05, 4.69) is 55.4 Å². The van der Waals surface area contributed by atoms with Gasteiger partial charge in [-0.05, 0) is 34.6 Å². The highest BCUT2D eigenvalue weighted by Crippen LogP contribution is 1.57. The van der Waals surface area contributed by atoms with Crippen LogP contribution in [0.3, 0.4) is 0 Å². The SMILES string of the molecule is CC.CCC.CCC.CCC.CCC.CCO.CCO.CCO.CCO.CCO.CO.CO.CO. The first kappa shape index (κ1) is 83.7. The third-order valence-corrected chi connectivity index (χ3v) is 0. The number of rotatable bonds is 0. The van der Waals surface area contributed by atoms with Gasteiger partial charge in [0.05, 0.1) is 0 Å². The van der Waals surface area contributed by atoms with Gasteiger partial charge in [0.2, 0.25) is 0 Å². The molecule has 0 saturated carbocycles. The molecule has 0 aliphatic heterocycles. The van der Waals surface area contributed by atoms with Gasteiger partial charge in [-0.2, -0.15) is 0 Å². The second kappa shape index (κ2) is 477. The van der Waals surface area contributed by atoms with Crippen molar-refractivity contribution in [3.63, 3.8) is 0 Å². The zero-order valence-corrected chi connectivity index (χ0v) is 27.9. The van der Waals surface area contributed by atoms with Crippen molar-refractivity contribution in [1.82, 2.24) is 0 Å². The van der Waals surface area contributed by atoms with Crippen LogP contribution in [0.2, 0.25) is 0 Å². The van der Waals surface area contributed by atoms with Gasteiger partial charge < -0.3 is 40.9 Å². The summed E-state index contributed by atoms with van der Waals surface area (Å²) in [7, 11) is 3.00. The van der Waals surface area contributed by atoms with Crippen LogP contribution in [0.25, 0.3) is 0 Å². The topological polar surface area (TPSA) is 162 Å². The van der Waals surface area contributed by atoms with Gasteiger partial charge in [-0.15, -0.1) is 0 Å². The number of aliphatic hydroxyl groups is 8. The predicted molar refractivity (Wildman–Crippen MR) is 163 cm³/mol. The van der Waals surface area contributed by atoms with Crippen LogP contribution in [0.4, 0.5) is 0 Å². The number of hydrogen-bond acceptors (Lipinski definition) is 8. The summed E-state index contributed by atoms with van der Waals surface area (Å²) in [5.74, 6) is 0. The lowest BCUT2D eigenvalue weighted by atomic mass is 10.6. The fourth-order valence-electron chi connectivity index (χ4n) is 0. The molecule has 0 aromatic heterocycles. The molecule has 236 valence electrons. The summed E-state index contributed by atoms with van der Waals surface area (Å²) in [4.78, 5) is 0. The molecule has 0 aliphatic carbocycles. The van der Waals surface area contributed by atoms with Gasteiger partial charge in [0, 0.05) is 54.4 Å². The average molecular weight is 533 g/mol. The van der Waals surface area contributed by atoms with Crippen molar-refractivity contribution < 1.29 is 40.9 Å². The fraction of sp³-hybridized carbons (Fsp3) is 1.00. The summed E-state index contributed by atoms with van der Waals surface area (Å²) >= 11 is 0. The van der Waals surface area contributed by atoms with E-state index in [0.29, 0.717) is 0 Å². The maximum absolute atomic E-state index is 7.57. The van der Waals surface area contributed by atoms with Gasteiger partial charge in [0.15, 0.2) is 0 Å². The van der Waals surface area contributed by atoms with Gasteiger partial charge in [-0.25, -0.2) is 0 Å². The summed E-state index contributed by atoms with van der Waals surface area (Å²) < 4.78 is 0. The standard InChI is InChI=1S/4C3H8.5C2H6O.C2H6.3CH4O/c4*1-3-2;5*1-2-3;4*1-2/h4*3H2,1-2H3;5*3H,2H2,1H3;1-2H3;3*2H,1H3. The van der Waals surface area contributed by atoms with E-state index >= 15 is 0 Å². The van der Waals surface area contributed by atoms with Crippen LogP contribution in [0.1, 0.15) is 130 Å². The molecule has 0 atom stereocenters. The Morgan fingerprint density at radius 1 is 0.257 bits per heavy atom. The highest BCUT2D eigenvalue weighted by atomic mass is 16.3. The number of aliphatic hydroxyl groups excluding tert-OH is 8. The van der Waals surface area contributed by atoms with Crippen LogP contribution in [-0.4, -0.2) is 95.2 Å². The van der Waals surface area contributed by atoms with E-state index in [9.17, 15) is 0 Å². The molecular weight excluding hydrogens is 452 g/mol. The molecule has 0 rings (SSSR count). The Labute approximate surface area is 225 Å². The Balaban J connectivity index is -0.0000000137. The third kappa shape index (κ3) is 330000. The quantitative estimate of drug-likeness (QED) is 0.202. The van der Waals surface area contributed by atoms with E-state index in [-0.39, 0.29) is 33.0 Å². The summed E-state index contributed by atoms with van der Waals surface area (Å²) in [6, 6.07) is 0. The maximum atomic E-state index is 7.57. The van der Waals surface area contributed by atoms with Crippen molar-refractivity contribution >= 4 is 0 Å². The summed E-state index contributed by atoms with van der Waals surface area (Å²) in [6.45, 7) is 30.7. The van der Waals surface area contributed by atoms with Crippen LogP contribution in [0.5, 0.6) is 0 Å². The Morgan fingerprint density at radius 3 is 0.257 bits per heavy atom. The van der Waals surface area contributed by atoms with Crippen LogP contribution in [0.15, 0.2) is 0 Å². The van der Waals surface area contributed by atoms with Crippen molar-refractivity contribution in [1.29, 1.82) is 0 Å². The minimum Gasteiger partial charge on any atom is -0.400 e. The monoisotopic (exact) mass is 533 g/mol. The molecule has 8 N–H and O–H groups in total. The largest absolute Gasteiger partial charge is 0.400 e. The van der Waals surface area contributed by atoms with E-state index in [1.807, 2.05) is 13.8 Å². The van der Waals surface area contributed by atoms with E-state index in [1.54, 1.807) is 34.6 Å². The second-order valence-electron chi connectivity index (χ2n) is 4.41. The van der Waals surface area contributed by atoms with Crippen molar-refractivity contribution in [2.24, 2.45) is 0 Å². The lowest BCUT2D eigenvalue weighted by Gasteiger charge is -1.52. The molecule has 0 bridgehead atoms. The fourth-order valence-corrected chi connectivity index (χ4v) is 0. The average Bonchev–Trinajstić information content (AvgIpc) is 2.84. The lowest BCUT2D eigenvalue weighted by Crippen LogP contribution is -1.57. The van der Waals surface area contributed by atoms with Gasteiger partial charge in [0.25, 0.3) is 0 Å². The van der Waals surface area contributed by atoms with Gasteiger partial charge >= 0.3 is 0 Å². The molecule has 0 fully saturated rings. The van der Waals surface area contributed by atoms with Crippen LogP contribution < -0.4 is 0 Å². The first-order valence-corrected chi connectivity index (χ1v) is 13.1. The van der Waals surface area contributed by atoms with E-state index in [0.717, 1.165) is 21.3 Å². The van der Waals surface area contributed by atoms with Crippen LogP contribution in [-0.2, 0) is 0 Å². The number of hydrogen-bond donors (Lipinski definition) is 8.